The number of benzene rings is 2. The highest BCUT2D eigenvalue weighted by Crippen LogP contribution is 2.37. The number of aliphatic hydroxyl groups is 1. The van der Waals surface area contributed by atoms with Gasteiger partial charge in [-0.2, -0.15) is 0 Å². The van der Waals surface area contributed by atoms with Crippen molar-refractivity contribution in [3.63, 3.8) is 0 Å². The molecule has 4 rings (SSSR count). The summed E-state index contributed by atoms with van der Waals surface area (Å²) in [6.45, 7) is 7.49. The molecule has 9 nitrogen and oxygen atoms in total. The summed E-state index contributed by atoms with van der Waals surface area (Å²) in [5.74, 6) is 0.471. The maximum atomic E-state index is 11.5. The molecule has 2 aromatic carbocycles. The molecule has 188 valence electrons. The Bertz CT molecular complexity index is 1330. The molecule has 0 atom stereocenters. The minimum Gasteiger partial charge on any atom is -0.480 e. The molecule has 1 aliphatic heterocycles. The van der Waals surface area contributed by atoms with Crippen LogP contribution < -0.4 is 10.7 Å². The second-order valence-corrected chi connectivity index (χ2v) is 8.24. The first kappa shape index (κ1) is 25.2. The van der Waals surface area contributed by atoms with Crippen molar-refractivity contribution in [1.82, 2.24) is 10.1 Å². The van der Waals surface area contributed by atoms with Gasteiger partial charge < -0.3 is 19.5 Å². The Morgan fingerprint density at radius 2 is 2.06 bits per heavy atom. The van der Waals surface area contributed by atoms with Crippen LogP contribution in [0, 0.1) is 0 Å². The van der Waals surface area contributed by atoms with E-state index in [2.05, 4.69) is 44.3 Å². The Morgan fingerprint density at radius 1 is 1.25 bits per heavy atom. The molecule has 0 saturated heterocycles. The number of aromatic amines is 1. The van der Waals surface area contributed by atoms with Gasteiger partial charge in [-0.05, 0) is 43.5 Å². The lowest BCUT2D eigenvalue weighted by Gasteiger charge is -2.32. The van der Waals surface area contributed by atoms with E-state index in [1.54, 1.807) is 0 Å². The van der Waals surface area contributed by atoms with Crippen molar-refractivity contribution in [3.8, 4) is 0 Å². The Balaban J connectivity index is 1.63. The van der Waals surface area contributed by atoms with Gasteiger partial charge in [0.05, 0.1) is 31.1 Å². The second kappa shape index (κ2) is 11.7. The number of aromatic nitrogens is 2. The fraction of sp³-hybridized carbons (Fsp3) is 0.296. The van der Waals surface area contributed by atoms with Gasteiger partial charge in [0, 0.05) is 17.7 Å². The van der Waals surface area contributed by atoms with Crippen LogP contribution in [0.25, 0.3) is 11.1 Å². The highest BCUT2D eigenvalue weighted by atomic mass is 16.6. The first-order chi connectivity index (χ1) is 17.5. The van der Waals surface area contributed by atoms with Crippen LogP contribution in [0.15, 0.2) is 68.9 Å². The molecular formula is C27H30N4O5. The molecule has 0 fully saturated rings. The van der Waals surface area contributed by atoms with E-state index in [0.717, 1.165) is 39.2 Å². The third-order valence-corrected chi connectivity index (χ3v) is 5.84. The van der Waals surface area contributed by atoms with Gasteiger partial charge in [-0.15, -0.1) is 0 Å². The largest absolute Gasteiger partial charge is 0.480 e. The van der Waals surface area contributed by atoms with Gasteiger partial charge in [0.25, 0.3) is 0 Å². The summed E-state index contributed by atoms with van der Waals surface area (Å²) < 4.78 is 15.7. The van der Waals surface area contributed by atoms with E-state index in [1.807, 2.05) is 51.1 Å². The molecule has 1 aliphatic rings. The van der Waals surface area contributed by atoms with Gasteiger partial charge in [0.2, 0.25) is 5.90 Å². The predicted octanol–water partition coefficient (Wildman–Crippen LogP) is 4.42. The van der Waals surface area contributed by atoms with Crippen LogP contribution in [0.3, 0.4) is 0 Å². The second-order valence-electron chi connectivity index (χ2n) is 8.24. The Labute approximate surface area is 209 Å². The number of H-pyrrole nitrogens is 1. The van der Waals surface area contributed by atoms with E-state index in [4.69, 9.17) is 19.1 Å². The molecule has 36 heavy (non-hydrogen) atoms. The number of nitrogens with zero attached hydrogens (tertiary/aromatic N) is 3. The average molecular weight is 491 g/mol. The number of anilines is 1. The van der Waals surface area contributed by atoms with Gasteiger partial charge in [0.1, 0.15) is 6.79 Å². The molecule has 1 aromatic heterocycles. The highest BCUT2D eigenvalue weighted by Gasteiger charge is 2.23. The van der Waals surface area contributed by atoms with Gasteiger partial charge in [-0.1, -0.05) is 53.7 Å². The van der Waals surface area contributed by atoms with Gasteiger partial charge >= 0.3 is 5.76 Å². The van der Waals surface area contributed by atoms with Crippen molar-refractivity contribution in [2.45, 2.75) is 33.9 Å². The molecule has 0 bridgehead atoms. The number of hydrogen-bond acceptors (Lipinski definition) is 8. The smallest absolute Gasteiger partial charge is 0.439 e. The van der Waals surface area contributed by atoms with Crippen molar-refractivity contribution < 1.29 is 19.1 Å². The van der Waals surface area contributed by atoms with E-state index < -0.39 is 5.76 Å². The van der Waals surface area contributed by atoms with Crippen LogP contribution in [0.4, 0.5) is 11.4 Å². The molecule has 9 heteroatoms. The quantitative estimate of drug-likeness (QED) is 0.337. The number of para-hydroxylation sites is 1. The summed E-state index contributed by atoms with van der Waals surface area (Å²) in [6.07, 6.45) is 3.79. The topological polar surface area (TPSA) is 113 Å². The Kier molecular flexibility index (Phi) is 8.14. The molecule has 0 amide bonds. The third-order valence-electron chi connectivity index (χ3n) is 5.84. The fourth-order valence-corrected chi connectivity index (χ4v) is 4.23. The van der Waals surface area contributed by atoms with Crippen LogP contribution in [-0.4, -0.2) is 41.1 Å². The number of rotatable bonds is 9. The summed E-state index contributed by atoms with van der Waals surface area (Å²) in [5, 5.41) is 13.0. The summed E-state index contributed by atoms with van der Waals surface area (Å²) in [6, 6.07) is 14.1. The zero-order chi connectivity index (χ0) is 25.5. The third kappa shape index (κ3) is 5.64. The van der Waals surface area contributed by atoms with Crippen molar-refractivity contribution in [2.24, 2.45) is 4.99 Å². The predicted molar refractivity (Wildman–Crippen MR) is 139 cm³/mol. The lowest BCUT2D eigenvalue weighted by molar-refractivity contribution is -0.0111. The molecule has 3 aromatic rings. The minimum atomic E-state index is -0.587. The number of aliphatic imine (C=N–C) groups is 1. The van der Waals surface area contributed by atoms with Crippen LogP contribution in [0.2, 0.25) is 0 Å². The van der Waals surface area contributed by atoms with E-state index in [0.29, 0.717) is 31.4 Å². The number of aliphatic hydroxyl groups excluding tert-OH is 1. The molecule has 0 spiro atoms. The number of fused-ring (bicyclic) bond motifs is 1. The number of ether oxygens (including phenoxy) is 2. The van der Waals surface area contributed by atoms with Crippen molar-refractivity contribution in [3.05, 3.63) is 87.7 Å². The molecule has 0 aliphatic carbocycles. The monoisotopic (exact) mass is 490 g/mol. The van der Waals surface area contributed by atoms with Gasteiger partial charge in [-0.3, -0.25) is 9.51 Å². The average Bonchev–Trinajstić information content (AvgIpc) is 3.32. The van der Waals surface area contributed by atoms with E-state index in [1.165, 1.54) is 0 Å². The first-order valence-corrected chi connectivity index (χ1v) is 11.8. The zero-order valence-corrected chi connectivity index (χ0v) is 20.7. The van der Waals surface area contributed by atoms with E-state index >= 15 is 0 Å². The van der Waals surface area contributed by atoms with Crippen molar-refractivity contribution >= 4 is 28.4 Å². The van der Waals surface area contributed by atoms with Crippen LogP contribution in [0.1, 0.15) is 43.3 Å². The Hall–Kier alpha value is -3.95. The Morgan fingerprint density at radius 3 is 2.72 bits per heavy atom. The lowest BCUT2D eigenvalue weighted by atomic mass is 9.99. The van der Waals surface area contributed by atoms with E-state index in [-0.39, 0.29) is 13.4 Å². The van der Waals surface area contributed by atoms with Crippen molar-refractivity contribution in [1.29, 1.82) is 0 Å². The number of allylic oxidation sites excluding steroid dienone is 4. The van der Waals surface area contributed by atoms with Crippen molar-refractivity contribution in [2.75, 3.05) is 24.8 Å². The SMILES string of the molecule is CC=CC(=C(C)c1ccc(CN2CC(OCC)=Nc3cccc(COCO)c32)cc1)c1noc(=O)[nH]1. The maximum Gasteiger partial charge on any atom is 0.439 e. The lowest BCUT2D eigenvalue weighted by Crippen LogP contribution is -2.34. The summed E-state index contributed by atoms with van der Waals surface area (Å²) in [7, 11) is 0. The summed E-state index contributed by atoms with van der Waals surface area (Å²) in [5.41, 5.74) is 6.60. The summed E-state index contributed by atoms with van der Waals surface area (Å²) in [4.78, 5) is 21.0. The molecule has 0 unspecified atom stereocenters. The van der Waals surface area contributed by atoms with Crippen LogP contribution in [-0.2, 0) is 22.6 Å². The number of hydrogen-bond donors (Lipinski definition) is 2. The molecular weight excluding hydrogens is 460 g/mol. The van der Waals surface area contributed by atoms with Crippen LogP contribution in [0.5, 0.6) is 0 Å². The zero-order valence-electron chi connectivity index (χ0n) is 20.7. The first-order valence-electron chi connectivity index (χ1n) is 11.8. The molecule has 0 saturated carbocycles. The normalized spacial score (nSPS) is 14.0. The van der Waals surface area contributed by atoms with Crippen LogP contribution >= 0.6 is 0 Å². The maximum absolute atomic E-state index is 11.5. The minimum absolute atomic E-state index is 0.288. The van der Waals surface area contributed by atoms with E-state index in [9.17, 15) is 4.79 Å². The number of nitrogens with one attached hydrogen (secondary N) is 1. The molecule has 2 N–H and O–H groups in total. The molecule has 2 heterocycles. The summed E-state index contributed by atoms with van der Waals surface area (Å²) >= 11 is 0. The molecule has 0 radical (unpaired) electrons. The fourth-order valence-electron chi connectivity index (χ4n) is 4.23. The highest BCUT2D eigenvalue weighted by molar-refractivity contribution is 5.93. The standard InChI is InChI=1S/C27H30N4O5/c1-4-7-22(26-29-27(33)36-30-26)18(3)20-12-10-19(11-13-20)14-31-15-24(35-5-2)28-23-9-6-8-21(25(23)31)16-34-17-32/h4,6-13,32H,5,14-17H2,1-3H3,(H,29,30,33). The van der Waals surface area contributed by atoms with Gasteiger partial charge in [-0.25, -0.2) is 9.79 Å². The van der Waals surface area contributed by atoms with Gasteiger partial charge in [0.15, 0.2) is 5.82 Å².